The van der Waals surface area contributed by atoms with Crippen molar-refractivity contribution >= 4 is 0 Å². The van der Waals surface area contributed by atoms with Gasteiger partial charge in [0.05, 0.1) is 12.1 Å². The summed E-state index contributed by atoms with van der Waals surface area (Å²) in [5.41, 5.74) is 2.37. The summed E-state index contributed by atoms with van der Waals surface area (Å²) in [7, 11) is 1.85. The molecule has 1 atom stereocenters. The van der Waals surface area contributed by atoms with E-state index in [9.17, 15) is 4.39 Å². The second kappa shape index (κ2) is 5.86. The maximum Gasteiger partial charge on any atom is 0.131 e. The predicted octanol–water partition coefficient (Wildman–Crippen LogP) is 3.98. The van der Waals surface area contributed by atoms with Crippen LogP contribution in [0.15, 0.2) is 42.5 Å². The van der Waals surface area contributed by atoms with Crippen molar-refractivity contribution in [1.82, 2.24) is 5.32 Å². The molecule has 1 unspecified atom stereocenters. The van der Waals surface area contributed by atoms with Gasteiger partial charge in [-0.1, -0.05) is 30.3 Å². The lowest BCUT2D eigenvalue weighted by Crippen LogP contribution is -2.19. The Balaban J connectivity index is 1.86. The molecule has 2 aromatic carbocycles. The largest absolute Gasteiger partial charge is 0.490 e. The number of ether oxygens (including phenoxy) is 1. The number of hydrogen-bond acceptors (Lipinski definition) is 2. The van der Waals surface area contributed by atoms with Gasteiger partial charge in [-0.2, -0.15) is 0 Å². The van der Waals surface area contributed by atoms with Gasteiger partial charge >= 0.3 is 0 Å². The molecule has 0 amide bonds. The van der Waals surface area contributed by atoms with E-state index in [0.717, 1.165) is 24.2 Å². The molecule has 3 rings (SSSR count). The Morgan fingerprint density at radius 2 is 1.86 bits per heavy atom. The quantitative estimate of drug-likeness (QED) is 0.897. The van der Waals surface area contributed by atoms with Crippen LogP contribution in [0.1, 0.15) is 35.6 Å². The fourth-order valence-electron chi connectivity index (χ4n) is 2.51. The Labute approximate surface area is 125 Å². The first-order chi connectivity index (χ1) is 10.2. The lowest BCUT2D eigenvalue weighted by Gasteiger charge is -2.19. The molecule has 0 aliphatic heterocycles. The van der Waals surface area contributed by atoms with Crippen molar-refractivity contribution in [1.29, 1.82) is 0 Å². The number of hydrogen-bond donors (Lipinski definition) is 1. The summed E-state index contributed by atoms with van der Waals surface area (Å²) in [6, 6.07) is 13.3. The van der Waals surface area contributed by atoms with Crippen LogP contribution in [0.4, 0.5) is 4.39 Å². The van der Waals surface area contributed by atoms with Crippen LogP contribution >= 0.6 is 0 Å². The van der Waals surface area contributed by atoms with E-state index >= 15 is 0 Å². The molecule has 110 valence electrons. The van der Waals surface area contributed by atoms with E-state index in [2.05, 4.69) is 5.32 Å². The van der Waals surface area contributed by atoms with E-state index in [1.54, 1.807) is 13.0 Å². The lowest BCUT2D eigenvalue weighted by molar-refractivity contribution is 0.303. The van der Waals surface area contributed by atoms with Crippen molar-refractivity contribution in [3.8, 4) is 5.75 Å². The van der Waals surface area contributed by atoms with Gasteiger partial charge in [0.25, 0.3) is 0 Å². The zero-order chi connectivity index (χ0) is 14.8. The molecular formula is C18H20FNO. The minimum absolute atomic E-state index is 0.143. The highest BCUT2D eigenvalue weighted by Crippen LogP contribution is 2.30. The lowest BCUT2D eigenvalue weighted by atomic mass is 9.97. The van der Waals surface area contributed by atoms with Crippen LogP contribution < -0.4 is 10.1 Å². The van der Waals surface area contributed by atoms with Crippen LogP contribution in [0.5, 0.6) is 5.75 Å². The average Bonchev–Trinajstić information content (AvgIpc) is 3.30. The van der Waals surface area contributed by atoms with Crippen LogP contribution in [0.25, 0.3) is 0 Å². The molecule has 0 heterocycles. The zero-order valence-corrected chi connectivity index (χ0v) is 12.4. The normalized spacial score (nSPS) is 15.8. The first-order valence-corrected chi connectivity index (χ1v) is 7.38. The maximum atomic E-state index is 14.3. The van der Waals surface area contributed by atoms with Gasteiger partial charge in [-0.05, 0) is 50.1 Å². The maximum absolute atomic E-state index is 14.3. The van der Waals surface area contributed by atoms with Crippen LogP contribution in [0.3, 0.4) is 0 Å². The summed E-state index contributed by atoms with van der Waals surface area (Å²) >= 11 is 0. The third-order valence-electron chi connectivity index (χ3n) is 3.86. The molecule has 0 radical (unpaired) electrons. The second-order valence-corrected chi connectivity index (χ2v) is 5.59. The Morgan fingerprint density at radius 3 is 2.48 bits per heavy atom. The van der Waals surface area contributed by atoms with Crippen LogP contribution in [0.2, 0.25) is 0 Å². The molecule has 0 aromatic heterocycles. The third-order valence-corrected chi connectivity index (χ3v) is 3.86. The summed E-state index contributed by atoms with van der Waals surface area (Å²) in [4.78, 5) is 0. The highest BCUT2D eigenvalue weighted by molar-refractivity contribution is 5.37. The molecular weight excluding hydrogens is 265 g/mol. The second-order valence-electron chi connectivity index (χ2n) is 5.59. The van der Waals surface area contributed by atoms with Crippen molar-refractivity contribution in [2.45, 2.75) is 31.9 Å². The monoisotopic (exact) mass is 285 g/mol. The van der Waals surface area contributed by atoms with Crippen LogP contribution in [-0.2, 0) is 0 Å². The van der Waals surface area contributed by atoms with Gasteiger partial charge < -0.3 is 10.1 Å². The summed E-state index contributed by atoms with van der Waals surface area (Å²) in [6.45, 7) is 1.79. The van der Waals surface area contributed by atoms with E-state index in [4.69, 9.17) is 4.74 Å². The van der Waals surface area contributed by atoms with Crippen LogP contribution in [0, 0.1) is 12.7 Å². The van der Waals surface area contributed by atoms with Gasteiger partial charge in [0.1, 0.15) is 11.6 Å². The Morgan fingerprint density at radius 1 is 1.14 bits per heavy atom. The molecule has 0 bridgehead atoms. The Bertz CT molecular complexity index is 620. The number of benzene rings is 2. The van der Waals surface area contributed by atoms with E-state index in [-0.39, 0.29) is 11.9 Å². The first-order valence-electron chi connectivity index (χ1n) is 7.38. The average molecular weight is 285 g/mol. The number of nitrogens with one attached hydrogen (secondary N) is 1. The SMILES string of the molecule is CNC(c1ccc(OC2CC2)cc1)c1cccc(C)c1F. The summed E-state index contributed by atoms with van der Waals surface area (Å²) in [5, 5.41) is 3.19. The summed E-state index contributed by atoms with van der Waals surface area (Å²) < 4.78 is 20.1. The molecule has 0 saturated heterocycles. The third kappa shape index (κ3) is 3.08. The van der Waals surface area contributed by atoms with Crippen molar-refractivity contribution in [3.05, 3.63) is 65.0 Å². The number of rotatable bonds is 5. The molecule has 1 aliphatic carbocycles. The van der Waals surface area contributed by atoms with Gasteiger partial charge in [0.2, 0.25) is 0 Å². The van der Waals surface area contributed by atoms with E-state index in [1.165, 1.54) is 0 Å². The summed E-state index contributed by atoms with van der Waals surface area (Å²) in [6.07, 6.45) is 2.69. The molecule has 1 aliphatic rings. The minimum Gasteiger partial charge on any atom is -0.490 e. The van der Waals surface area contributed by atoms with Gasteiger partial charge in [-0.3, -0.25) is 0 Å². The standard InChI is InChI=1S/C18H20FNO/c1-12-4-3-5-16(17(12)19)18(20-2)13-6-8-14(9-7-13)21-15-10-11-15/h3-9,15,18,20H,10-11H2,1-2H3. The first kappa shape index (κ1) is 14.1. The topological polar surface area (TPSA) is 21.3 Å². The zero-order valence-electron chi connectivity index (χ0n) is 12.4. The fraction of sp³-hybridized carbons (Fsp3) is 0.333. The van der Waals surface area contributed by atoms with Gasteiger partial charge in [0.15, 0.2) is 0 Å². The van der Waals surface area contributed by atoms with Crippen molar-refractivity contribution in [3.63, 3.8) is 0 Å². The van der Waals surface area contributed by atoms with Crippen molar-refractivity contribution in [2.24, 2.45) is 0 Å². The van der Waals surface area contributed by atoms with E-state index < -0.39 is 0 Å². The molecule has 0 spiro atoms. The molecule has 21 heavy (non-hydrogen) atoms. The number of aryl methyl sites for hydroxylation is 1. The summed E-state index contributed by atoms with van der Waals surface area (Å²) in [5.74, 6) is 0.746. The molecule has 1 N–H and O–H groups in total. The molecule has 1 saturated carbocycles. The van der Waals surface area contributed by atoms with E-state index in [0.29, 0.717) is 17.2 Å². The van der Waals surface area contributed by atoms with Gasteiger partial charge in [-0.15, -0.1) is 0 Å². The minimum atomic E-state index is -0.153. The number of halogens is 1. The highest BCUT2D eigenvalue weighted by atomic mass is 19.1. The van der Waals surface area contributed by atoms with E-state index in [1.807, 2.05) is 43.4 Å². The van der Waals surface area contributed by atoms with Gasteiger partial charge in [0, 0.05) is 5.56 Å². The Kier molecular flexibility index (Phi) is 3.93. The molecule has 2 nitrogen and oxygen atoms in total. The highest BCUT2D eigenvalue weighted by Gasteiger charge is 2.23. The molecule has 1 fully saturated rings. The fourth-order valence-corrected chi connectivity index (χ4v) is 2.51. The Hall–Kier alpha value is -1.87. The smallest absolute Gasteiger partial charge is 0.131 e. The molecule has 2 aromatic rings. The predicted molar refractivity (Wildman–Crippen MR) is 82.1 cm³/mol. The van der Waals surface area contributed by atoms with Crippen molar-refractivity contribution in [2.75, 3.05) is 7.05 Å². The van der Waals surface area contributed by atoms with Crippen molar-refractivity contribution < 1.29 is 9.13 Å². The van der Waals surface area contributed by atoms with Gasteiger partial charge in [-0.25, -0.2) is 4.39 Å². The molecule has 3 heteroatoms. The van der Waals surface area contributed by atoms with Crippen LogP contribution in [-0.4, -0.2) is 13.2 Å².